The van der Waals surface area contributed by atoms with Crippen LogP contribution in [-0.4, -0.2) is 4.43 Å². The summed E-state index contributed by atoms with van der Waals surface area (Å²) >= 11 is -1.21. The molecule has 0 bridgehead atoms. The molecule has 0 saturated carbocycles. The summed E-state index contributed by atoms with van der Waals surface area (Å²) in [6.07, 6.45) is 8.39. The van der Waals surface area contributed by atoms with E-state index >= 15 is 0 Å². The Labute approximate surface area is 137 Å². The third kappa shape index (κ3) is 5.82. The van der Waals surface area contributed by atoms with E-state index in [4.69, 9.17) is 0 Å². The van der Waals surface area contributed by atoms with Crippen LogP contribution in [0.5, 0.6) is 0 Å². The van der Waals surface area contributed by atoms with E-state index < -0.39 is 19.8 Å². The molecular formula is C20H27I. The van der Waals surface area contributed by atoms with E-state index in [0.717, 1.165) is 0 Å². The van der Waals surface area contributed by atoms with Gasteiger partial charge in [-0.25, -0.2) is 0 Å². The van der Waals surface area contributed by atoms with Crippen molar-refractivity contribution in [1.29, 1.82) is 0 Å². The summed E-state index contributed by atoms with van der Waals surface area (Å²) in [6.45, 7) is 2.29. The van der Waals surface area contributed by atoms with Gasteiger partial charge < -0.3 is 0 Å². The van der Waals surface area contributed by atoms with Crippen LogP contribution in [0.3, 0.4) is 0 Å². The van der Waals surface area contributed by atoms with Gasteiger partial charge in [-0.3, -0.25) is 0 Å². The van der Waals surface area contributed by atoms with Crippen LogP contribution in [-0.2, 0) is 0 Å². The molecule has 0 nitrogen and oxygen atoms in total. The van der Waals surface area contributed by atoms with E-state index in [-0.39, 0.29) is 0 Å². The van der Waals surface area contributed by atoms with Gasteiger partial charge in [0.25, 0.3) is 0 Å². The standard InChI is InChI=1S/C20H27I/c1-2-3-4-5-6-13-18-21(19-14-9-7-10-15-19)20-16-11-8-12-17-20/h7-12,14-17H,2-6,13,18H2,1H3. The summed E-state index contributed by atoms with van der Waals surface area (Å²) in [7, 11) is 0. The van der Waals surface area contributed by atoms with Crippen LogP contribution in [0.25, 0.3) is 0 Å². The van der Waals surface area contributed by atoms with Crippen molar-refractivity contribution in [3.05, 3.63) is 67.8 Å². The van der Waals surface area contributed by atoms with Crippen molar-refractivity contribution in [2.75, 3.05) is 4.43 Å². The molecule has 0 radical (unpaired) electrons. The Morgan fingerprint density at radius 3 is 1.62 bits per heavy atom. The molecule has 114 valence electrons. The van der Waals surface area contributed by atoms with Crippen LogP contribution in [0.2, 0.25) is 0 Å². The summed E-state index contributed by atoms with van der Waals surface area (Å²) in [4.78, 5) is 0. The molecular weight excluding hydrogens is 367 g/mol. The zero-order valence-electron chi connectivity index (χ0n) is 13.1. The van der Waals surface area contributed by atoms with Crippen molar-refractivity contribution >= 4 is 19.8 Å². The minimum absolute atomic E-state index is 1.21. The van der Waals surface area contributed by atoms with Gasteiger partial charge in [-0.1, -0.05) is 0 Å². The fraction of sp³-hybridized carbons (Fsp3) is 0.400. The van der Waals surface area contributed by atoms with Crippen molar-refractivity contribution in [3.8, 4) is 0 Å². The van der Waals surface area contributed by atoms with Gasteiger partial charge >= 0.3 is 137 Å². The first-order valence-corrected chi connectivity index (χ1v) is 11.9. The summed E-state index contributed by atoms with van der Waals surface area (Å²) in [5.41, 5.74) is 0. The molecule has 0 spiro atoms. The third-order valence-electron chi connectivity index (χ3n) is 3.67. The molecule has 2 aromatic carbocycles. The van der Waals surface area contributed by atoms with Gasteiger partial charge in [0, 0.05) is 0 Å². The zero-order chi connectivity index (χ0) is 14.8. The van der Waals surface area contributed by atoms with E-state index in [2.05, 4.69) is 67.6 Å². The topological polar surface area (TPSA) is 0 Å². The van der Waals surface area contributed by atoms with Gasteiger partial charge in [-0.05, 0) is 0 Å². The van der Waals surface area contributed by atoms with E-state index in [1.807, 2.05) is 0 Å². The Hall–Kier alpha value is -0.830. The molecule has 0 aliphatic heterocycles. The number of halogens is 1. The van der Waals surface area contributed by atoms with Gasteiger partial charge in [0.2, 0.25) is 0 Å². The molecule has 0 saturated heterocycles. The molecule has 2 aromatic rings. The van der Waals surface area contributed by atoms with Crippen LogP contribution in [0.1, 0.15) is 45.4 Å². The van der Waals surface area contributed by atoms with Crippen LogP contribution >= 0.6 is 19.8 Å². The predicted octanol–water partition coefficient (Wildman–Crippen LogP) is 6.59. The number of alkyl halides is 1. The van der Waals surface area contributed by atoms with Crippen LogP contribution in [0.15, 0.2) is 60.7 Å². The Morgan fingerprint density at radius 1 is 0.619 bits per heavy atom. The van der Waals surface area contributed by atoms with Gasteiger partial charge in [0.15, 0.2) is 0 Å². The summed E-state index contributed by atoms with van der Waals surface area (Å²) < 4.78 is 4.65. The van der Waals surface area contributed by atoms with Crippen molar-refractivity contribution in [2.45, 2.75) is 45.4 Å². The fourth-order valence-corrected chi connectivity index (χ4v) is 8.32. The van der Waals surface area contributed by atoms with Crippen LogP contribution in [0, 0.1) is 7.14 Å². The average molecular weight is 394 g/mol. The van der Waals surface area contributed by atoms with Crippen molar-refractivity contribution < 1.29 is 0 Å². The zero-order valence-corrected chi connectivity index (χ0v) is 15.3. The molecule has 1 heteroatoms. The number of rotatable bonds is 9. The molecule has 0 unspecified atom stereocenters. The monoisotopic (exact) mass is 394 g/mol. The number of hydrogen-bond donors (Lipinski definition) is 0. The van der Waals surface area contributed by atoms with E-state index in [9.17, 15) is 0 Å². The van der Waals surface area contributed by atoms with E-state index in [1.165, 1.54) is 43.0 Å². The Balaban J connectivity index is 1.94. The van der Waals surface area contributed by atoms with Crippen LogP contribution < -0.4 is 0 Å². The Morgan fingerprint density at radius 2 is 1.10 bits per heavy atom. The summed E-state index contributed by atoms with van der Waals surface area (Å²) in [5.74, 6) is 0. The Bertz CT molecular complexity index is 438. The molecule has 0 amide bonds. The molecule has 2 rings (SSSR count). The first-order valence-electron chi connectivity index (χ1n) is 8.17. The molecule has 0 atom stereocenters. The third-order valence-corrected chi connectivity index (χ3v) is 9.96. The molecule has 0 heterocycles. The molecule has 0 aromatic heterocycles. The first kappa shape index (κ1) is 16.5. The quantitative estimate of drug-likeness (QED) is 0.256. The molecule has 0 N–H and O–H groups in total. The SMILES string of the molecule is CCCCCCCCI(c1ccccc1)c1ccccc1. The second-order valence-electron chi connectivity index (χ2n) is 5.41. The van der Waals surface area contributed by atoms with Gasteiger partial charge in [-0.15, -0.1) is 0 Å². The number of unbranched alkanes of at least 4 members (excludes halogenated alkanes) is 5. The van der Waals surface area contributed by atoms with Crippen molar-refractivity contribution in [1.82, 2.24) is 0 Å². The summed E-state index contributed by atoms with van der Waals surface area (Å²) in [6, 6.07) is 22.4. The average Bonchev–Trinajstić information content (AvgIpc) is 2.56. The van der Waals surface area contributed by atoms with E-state index in [0.29, 0.717) is 0 Å². The number of benzene rings is 2. The van der Waals surface area contributed by atoms with Gasteiger partial charge in [-0.2, -0.15) is 0 Å². The van der Waals surface area contributed by atoms with Crippen molar-refractivity contribution in [2.24, 2.45) is 0 Å². The second kappa shape index (κ2) is 9.99. The van der Waals surface area contributed by atoms with Gasteiger partial charge in [0.1, 0.15) is 0 Å². The van der Waals surface area contributed by atoms with Crippen LogP contribution in [0.4, 0.5) is 0 Å². The maximum absolute atomic E-state index is 2.34. The van der Waals surface area contributed by atoms with E-state index in [1.54, 1.807) is 7.14 Å². The molecule has 0 aliphatic rings. The van der Waals surface area contributed by atoms with Gasteiger partial charge in [0.05, 0.1) is 0 Å². The minimum atomic E-state index is -1.21. The fourth-order valence-electron chi connectivity index (χ4n) is 2.49. The predicted molar refractivity (Wildman–Crippen MR) is 103 cm³/mol. The van der Waals surface area contributed by atoms with Crippen molar-refractivity contribution in [3.63, 3.8) is 0 Å². The second-order valence-corrected chi connectivity index (χ2v) is 11.0. The summed E-state index contributed by atoms with van der Waals surface area (Å²) in [5, 5.41) is 0. The maximum atomic E-state index is 2.34. The Kier molecular flexibility index (Phi) is 7.87. The normalized spacial score (nSPS) is 11.4. The number of hydrogen-bond acceptors (Lipinski definition) is 0. The first-order chi connectivity index (χ1) is 10.4. The molecule has 0 aliphatic carbocycles. The molecule has 21 heavy (non-hydrogen) atoms. The molecule has 0 fully saturated rings.